The average molecular weight is 468 g/mol. The Morgan fingerprint density at radius 1 is 0.970 bits per heavy atom. The maximum absolute atomic E-state index is 13.2. The molecule has 1 atom stereocenters. The van der Waals surface area contributed by atoms with Crippen LogP contribution in [0.3, 0.4) is 0 Å². The first-order valence-corrected chi connectivity index (χ1v) is 13.1. The first kappa shape index (κ1) is 23.5. The zero-order valence-electron chi connectivity index (χ0n) is 19.5. The van der Waals surface area contributed by atoms with Crippen LogP contribution in [0.15, 0.2) is 65.7 Å². The fourth-order valence-corrected chi connectivity index (χ4v) is 5.92. The van der Waals surface area contributed by atoms with Crippen molar-refractivity contribution in [1.29, 1.82) is 0 Å². The van der Waals surface area contributed by atoms with Crippen molar-refractivity contribution in [3.05, 3.63) is 66.4 Å². The Morgan fingerprint density at radius 2 is 1.55 bits per heavy atom. The molecule has 2 fully saturated rings. The molecule has 2 aliphatic heterocycles. The minimum absolute atomic E-state index is 0.104. The molecule has 0 radical (unpaired) electrons. The molecule has 1 amide bonds. The summed E-state index contributed by atoms with van der Waals surface area (Å²) in [4.78, 5) is 17.9. The van der Waals surface area contributed by atoms with Crippen molar-refractivity contribution in [3.63, 3.8) is 0 Å². The molecule has 2 aromatic rings. The molecular weight excluding hydrogens is 434 g/mol. The van der Waals surface area contributed by atoms with Gasteiger partial charge in [-0.25, -0.2) is 8.42 Å². The highest BCUT2D eigenvalue weighted by Gasteiger charge is 2.31. The van der Waals surface area contributed by atoms with Crippen LogP contribution in [0.1, 0.15) is 43.0 Å². The van der Waals surface area contributed by atoms with Gasteiger partial charge in [0.1, 0.15) is 0 Å². The number of likely N-dealkylation sites (tertiary alicyclic amines) is 2. The Morgan fingerprint density at radius 3 is 2.12 bits per heavy atom. The average Bonchev–Trinajstić information content (AvgIpc) is 3.51. The second-order valence-electron chi connectivity index (χ2n) is 9.11. The second-order valence-corrected chi connectivity index (χ2v) is 11.1. The van der Waals surface area contributed by atoms with E-state index in [0.29, 0.717) is 17.3 Å². The minimum atomic E-state index is -3.60. The minimum Gasteiger partial charge on any atom is -0.334 e. The smallest absolute Gasteiger partial charge is 0.263 e. The number of benzene rings is 2. The Kier molecular flexibility index (Phi) is 6.91. The summed E-state index contributed by atoms with van der Waals surface area (Å²) in [6.07, 6.45) is 4.67. The predicted octanol–water partition coefficient (Wildman–Crippen LogP) is 4.21. The van der Waals surface area contributed by atoms with Gasteiger partial charge in [-0.1, -0.05) is 30.8 Å². The molecule has 2 aromatic carbocycles. The van der Waals surface area contributed by atoms with Crippen molar-refractivity contribution in [2.45, 2.75) is 43.5 Å². The Labute approximate surface area is 197 Å². The lowest BCUT2D eigenvalue weighted by atomic mass is 10.0. The Hall–Kier alpha value is -2.64. The molecule has 1 unspecified atom stereocenters. The molecule has 0 spiro atoms. The number of carbonyl (C=O) groups excluding carboxylic acids is 1. The van der Waals surface area contributed by atoms with Crippen LogP contribution in [0.4, 0.5) is 0 Å². The molecule has 0 N–H and O–H groups in total. The van der Waals surface area contributed by atoms with E-state index in [4.69, 9.17) is 0 Å². The summed E-state index contributed by atoms with van der Waals surface area (Å²) in [5.41, 5.74) is 3.01. The molecule has 0 aliphatic carbocycles. The van der Waals surface area contributed by atoms with Gasteiger partial charge in [-0.2, -0.15) is 0 Å². The van der Waals surface area contributed by atoms with E-state index in [1.54, 1.807) is 31.2 Å². The van der Waals surface area contributed by atoms with Gasteiger partial charge in [-0.3, -0.25) is 9.10 Å². The lowest BCUT2D eigenvalue weighted by Crippen LogP contribution is -2.42. The van der Waals surface area contributed by atoms with Crippen LogP contribution in [0, 0.1) is 0 Å². The molecule has 7 heteroatoms. The number of sulfonamides is 1. The molecule has 4 rings (SSSR count). The molecule has 33 heavy (non-hydrogen) atoms. The predicted molar refractivity (Wildman–Crippen MR) is 131 cm³/mol. The summed E-state index contributed by atoms with van der Waals surface area (Å²) in [5, 5.41) is 0. The summed E-state index contributed by atoms with van der Waals surface area (Å²) < 4.78 is 26.4. The van der Waals surface area contributed by atoms with Crippen molar-refractivity contribution >= 4 is 15.9 Å². The van der Waals surface area contributed by atoms with Gasteiger partial charge in [0.25, 0.3) is 15.9 Å². The molecule has 2 heterocycles. The number of rotatable bonds is 7. The van der Waals surface area contributed by atoms with Crippen molar-refractivity contribution in [2.24, 2.45) is 0 Å². The highest BCUT2D eigenvalue weighted by Crippen LogP contribution is 2.26. The third-order valence-electron chi connectivity index (χ3n) is 6.82. The summed E-state index contributed by atoms with van der Waals surface area (Å²) in [7, 11) is -2.10. The monoisotopic (exact) mass is 467 g/mol. The summed E-state index contributed by atoms with van der Waals surface area (Å²) >= 11 is 0. The van der Waals surface area contributed by atoms with E-state index in [0.717, 1.165) is 50.1 Å². The number of allylic oxidation sites excluding steroid dienone is 1. The van der Waals surface area contributed by atoms with E-state index in [9.17, 15) is 13.2 Å². The van der Waals surface area contributed by atoms with Crippen LogP contribution in [-0.4, -0.2) is 67.7 Å². The number of nitrogens with zero attached hydrogens (tertiary/aromatic N) is 3. The Bertz CT molecular complexity index is 1100. The van der Waals surface area contributed by atoms with Crippen LogP contribution in [0.2, 0.25) is 0 Å². The topological polar surface area (TPSA) is 60.9 Å². The zero-order valence-corrected chi connectivity index (χ0v) is 20.4. The van der Waals surface area contributed by atoms with Crippen LogP contribution in [-0.2, 0) is 10.0 Å². The van der Waals surface area contributed by atoms with Crippen LogP contribution in [0.5, 0.6) is 0 Å². The molecular formula is C26H33N3O3S. The molecule has 2 aliphatic rings. The lowest BCUT2D eigenvalue weighted by molar-refractivity contribution is 0.0709. The van der Waals surface area contributed by atoms with Crippen molar-refractivity contribution in [1.82, 2.24) is 14.1 Å². The van der Waals surface area contributed by atoms with E-state index in [2.05, 4.69) is 11.5 Å². The Balaban J connectivity index is 1.45. The van der Waals surface area contributed by atoms with E-state index in [1.807, 2.05) is 29.2 Å². The summed E-state index contributed by atoms with van der Waals surface area (Å²) in [5.74, 6) is 0.104. The summed E-state index contributed by atoms with van der Waals surface area (Å²) in [6, 6.07) is 14.7. The second kappa shape index (κ2) is 9.69. The van der Waals surface area contributed by atoms with E-state index in [-0.39, 0.29) is 10.8 Å². The normalized spacial score (nSPS) is 19.1. The molecule has 6 nitrogen and oxygen atoms in total. The first-order chi connectivity index (χ1) is 15.8. The number of hydrogen-bond donors (Lipinski definition) is 0. The van der Waals surface area contributed by atoms with Gasteiger partial charge in [0, 0.05) is 37.4 Å². The third kappa shape index (κ3) is 4.99. The van der Waals surface area contributed by atoms with Gasteiger partial charge < -0.3 is 9.80 Å². The molecule has 2 saturated heterocycles. The fraction of sp³-hybridized carbons (Fsp3) is 0.423. The van der Waals surface area contributed by atoms with Gasteiger partial charge in [0.2, 0.25) is 0 Å². The molecule has 0 bridgehead atoms. The lowest BCUT2D eigenvalue weighted by Gasteiger charge is -2.28. The van der Waals surface area contributed by atoms with Gasteiger partial charge in [-0.15, -0.1) is 0 Å². The van der Waals surface area contributed by atoms with Gasteiger partial charge in [0.15, 0.2) is 0 Å². The largest absolute Gasteiger partial charge is 0.334 e. The summed E-state index contributed by atoms with van der Waals surface area (Å²) in [6.45, 7) is 9.48. The van der Waals surface area contributed by atoms with Gasteiger partial charge in [0.05, 0.1) is 4.90 Å². The van der Waals surface area contributed by atoms with Gasteiger partial charge in [-0.05, 0) is 81.1 Å². The maximum Gasteiger partial charge on any atom is 0.263 e. The maximum atomic E-state index is 13.2. The van der Waals surface area contributed by atoms with Crippen LogP contribution >= 0.6 is 0 Å². The van der Waals surface area contributed by atoms with E-state index >= 15 is 0 Å². The number of hydrogen-bond acceptors (Lipinski definition) is 4. The van der Waals surface area contributed by atoms with E-state index in [1.165, 1.54) is 24.2 Å². The van der Waals surface area contributed by atoms with Crippen molar-refractivity contribution in [2.75, 3.05) is 33.2 Å². The van der Waals surface area contributed by atoms with Crippen molar-refractivity contribution in [3.8, 4) is 11.1 Å². The standard InChI is InChI=1S/C26H33N3O3S/c1-20(2)27(3)33(31,32)25-14-12-22(13-15-25)21-8-10-23(11-9-21)26(30)29-18-6-7-24(29)19-28-16-4-5-17-28/h8-15,24H,1,4-7,16-19H2,2-3H3. The van der Waals surface area contributed by atoms with Crippen LogP contribution in [0.25, 0.3) is 11.1 Å². The molecule has 0 aromatic heterocycles. The third-order valence-corrected chi connectivity index (χ3v) is 8.72. The molecule has 0 saturated carbocycles. The van der Waals surface area contributed by atoms with Crippen molar-refractivity contribution < 1.29 is 13.2 Å². The number of carbonyl (C=O) groups is 1. The fourth-order valence-electron chi connectivity index (χ4n) is 4.71. The molecule has 176 valence electrons. The van der Waals surface area contributed by atoms with Crippen LogP contribution < -0.4 is 0 Å². The zero-order chi connectivity index (χ0) is 23.6. The number of amides is 1. The highest BCUT2D eigenvalue weighted by molar-refractivity contribution is 7.89. The highest BCUT2D eigenvalue weighted by atomic mass is 32.2. The van der Waals surface area contributed by atoms with Gasteiger partial charge >= 0.3 is 0 Å². The SMILES string of the molecule is C=C(C)N(C)S(=O)(=O)c1ccc(-c2ccc(C(=O)N3CCCC3CN3CCCC3)cc2)cc1. The first-order valence-electron chi connectivity index (χ1n) is 11.7. The van der Waals surface area contributed by atoms with E-state index < -0.39 is 10.0 Å². The quantitative estimate of drug-likeness (QED) is 0.612.